The number of halogens is 2. The van der Waals surface area contributed by atoms with Crippen molar-refractivity contribution in [2.24, 2.45) is 0 Å². The highest BCUT2D eigenvalue weighted by Gasteiger charge is 2.25. The maximum absolute atomic E-state index is 14.0. The molecule has 2 N–H and O–H groups in total. The highest BCUT2D eigenvalue weighted by molar-refractivity contribution is 9.10. The van der Waals surface area contributed by atoms with Crippen molar-refractivity contribution in [2.75, 3.05) is 0 Å². The number of aromatic nitrogens is 1. The lowest BCUT2D eigenvalue weighted by atomic mass is 10.2. The maximum atomic E-state index is 14.0. The predicted octanol–water partition coefficient (Wildman–Crippen LogP) is 1.75. The molecule has 2 aromatic rings. The summed E-state index contributed by atoms with van der Waals surface area (Å²) in [4.78, 5) is 10.1. The second-order valence-corrected chi connectivity index (χ2v) is 6.52. The molecule has 1 aromatic carbocycles. The van der Waals surface area contributed by atoms with E-state index in [-0.39, 0.29) is 16.8 Å². The number of benzene rings is 1. The van der Waals surface area contributed by atoms with Crippen LogP contribution in [0.1, 0.15) is 16.1 Å². The van der Waals surface area contributed by atoms with E-state index in [0.717, 1.165) is 12.1 Å². The second kappa shape index (κ2) is 5.92. The zero-order valence-corrected chi connectivity index (χ0v) is 12.6. The van der Waals surface area contributed by atoms with Gasteiger partial charge in [-0.15, -0.1) is 0 Å². The van der Waals surface area contributed by atoms with Gasteiger partial charge in [0, 0.05) is 10.5 Å². The highest BCUT2D eigenvalue weighted by atomic mass is 79.9. The monoisotopic (exact) mass is 378 g/mol. The Balaban J connectivity index is 2.37. The average molecular weight is 379 g/mol. The minimum atomic E-state index is -4.25. The van der Waals surface area contributed by atoms with Crippen LogP contribution in [0.4, 0.5) is 4.39 Å². The molecule has 0 fully saturated rings. The number of hydrogen-bond donors (Lipinski definition) is 2. The van der Waals surface area contributed by atoms with Crippen molar-refractivity contribution in [1.29, 1.82) is 0 Å². The molecule has 0 bridgehead atoms. The van der Waals surface area contributed by atoms with Crippen LogP contribution in [-0.4, -0.2) is 24.7 Å². The number of carbonyl (C=O) groups is 1. The van der Waals surface area contributed by atoms with E-state index in [9.17, 15) is 17.6 Å². The number of rotatable bonds is 5. The first-order valence-corrected chi connectivity index (χ1v) is 7.70. The van der Waals surface area contributed by atoms with Gasteiger partial charge in [0.2, 0.25) is 10.0 Å². The van der Waals surface area contributed by atoms with E-state index in [1.54, 1.807) is 0 Å². The number of nitrogens with one attached hydrogen (secondary N) is 1. The third kappa shape index (κ3) is 3.46. The zero-order valence-electron chi connectivity index (χ0n) is 10.2. The largest absolute Gasteiger partial charge is 0.478 e. The Hall–Kier alpha value is -1.78. The van der Waals surface area contributed by atoms with Crippen molar-refractivity contribution < 1.29 is 27.2 Å². The zero-order chi connectivity index (χ0) is 15.6. The van der Waals surface area contributed by atoms with Gasteiger partial charge in [0.05, 0.1) is 18.3 Å². The summed E-state index contributed by atoms with van der Waals surface area (Å²) in [5, 5.41) is 12.3. The number of aromatic carboxylic acids is 1. The fraction of sp³-hybridized carbons (Fsp3) is 0.0909. The van der Waals surface area contributed by atoms with Gasteiger partial charge in [-0.05, 0) is 12.1 Å². The quantitative estimate of drug-likeness (QED) is 0.819. The van der Waals surface area contributed by atoms with Crippen molar-refractivity contribution in [3.63, 3.8) is 0 Å². The van der Waals surface area contributed by atoms with Crippen LogP contribution >= 0.6 is 15.9 Å². The molecule has 112 valence electrons. The molecule has 0 saturated heterocycles. The first-order chi connectivity index (χ1) is 9.81. The van der Waals surface area contributed by atoms with Crippen LogP contribution in [0.25, 0.3) is 0 Å². The van der Waals surface area contributed by atoms with Gasteiger partial charge in [-0.3, -0.25) is 0 Å². The summed E-state index contributed by atoms with van der Waals surface area (Å²) < 4.78 is 45.0. The van der Waals surface area contributed by atoms with Crippen molar-refractivity contribution in [3.05, 3.63) is 46.0 Å². The lowest BCUT2D eigenvalue weighted by Crippen LogP contribution is -2.24. The van der Waals surface area contributed by atoms with Gasteiger partial charge in [-0.25, -0.2) is 22.3 Å². The van der Waals surface area contributed by atoms with Crippen molar-refractivity contribution in [1.82, 2.24) is 9.88 Å². The second-order valence-electron chi connectivity index (χ2n) is 3.87. The summed E-state index contributed by atoms with van der Waals surface area (Å²) in [6, 6.07) is 3.39. The molecule has 2 rings (SSSR count). The molecule has 1 aromatic heterocycles. The van der Waals surface area contributed by atoms with Crippen molar-refractivity contribution in [2.45, 2.75) is 11.4 Å². The number of sulfonamides is 1. The van der Waals surface area contributed by atoms with E-state index >= 15 is 0 Å². The Bertz CT molecular complexity index is 776. The Morgan fingerprint density at radius 1 is 1.48 bits per heavy atom. The molecule has 0 atom stereocenters. The molecule has 10 heteroatoms. The Labute approximate surface area is 126 Å². The normalized spacial score (nSPS) is 11.5. The van der Waals surface area contributed by atoms with Gasteiger partial charge >= 0.3 is 5.97 Å². The third-order valence-corrected chi connectivity index (χ3v) is 4.31. The van der Waals surface area contributed by atoms with E-state index in [4.69, 9.17) is 9.63 Å². The van der Waals surface area contributed by atoms with Crippen LogP contribution in [-0.2, 0) is 16.6 Å². The summed E-state index contributed by atoms with van der Waals surface area (Å²) >= 11 is 2.95. The summed E-state index contributed by atoms with van der Waals surface area (Å²) in [5.74, 6) is -2.68. The molecule has 1 heterocycles. The molecule has 7 nitrogen and oxygen atoms in total. The van der Waals surface area contributed by atoms with Crippen LogP contribution in [0, 0.1) is 5.82 Å². The van der Waals surface area contributed by atoms with Gasteiger partial charge in [0.1, 0.15) is 4.90 Å². The molecule has 0 unspecified atom stereocenters. The van der Waals surface area contributed by atoms with Crippen molar-refractivity contribution >= 4 is 31.9 Å². The number of carboxylic acid groups (broad SMARTS) is 1. The number of nitrogens with zero attached hydrogens (tertiary/aromatic N) is 1. The topological polar surface area (TPSA) is 110 Å². The van der Waals surface area contributed by atoms with Crippen LogP contribution in [0.15, 0.2) is 38.3 Å². The van der Waals surface area contributed by atoms with Gasteiger partial charge in [0.25, 0.3) is 0 Å². The lowest BCUT2D eigenvalue weighted by Gasteiger charge is -2.09. The molecule has 21 heavy (non-hydrogen) atoms. The van der Waals surface area contributed by atoms with E-state index in [1.807, 2.05) is 0 Å². The number of hydrogen-bond acceptors (Lipinski definition) is 5. The minimum Gasteiger partial charge on any atom is -0.478 e. The van der Waals surface area contributed by atoms with Crippen molar-refractivity contribution in [3.8, 4) is 0 Å². The first kappa shape index (κ1) is 15.6. The molecule has 0 spiro atoms. The predicted molar refractivity (Wildman–Crippen MR) is 71.6 cm³/mol. The summed E-state index contributed by atoms with van der Waals surface area (Å²) in [6.45, 7) is -0.239. The van der Waals surface area contributed by atoms with E-state index < -0.39 is 32.3 Å². The average Bonchev–Trinajstić information content (AvgIpc) is 2.91. The Morgan fingerprint density at radius 2 is 2.19 bits per heavy atom. The van der Waals surface area contributed by atoms with E-state index in [0.29, 0.717) is 0 Å². The molecule has 0 radical (unpaired) electrons. The molecule has 0 aliphatic heterocycles. The van der Waals surface area contributed by atoms with Crippen LogP contribution < -0.4 is 4.72 Å². The summed E-state index contributed by atoms with van der Waals surface area (Å²) in [7, 11) is -4.25. The van der Waals surface area contributed by atoms with Gasteiger partial charge < -0.3 is 9.63 Å². The fourth-order valence-electron chi connectivity index (χ4n) is 1.49. The van der Waals surface area contributed by atoms with Crippen LogP contribution in [0.5, 0.6) is 0 Å². The Kier molecular flexibility index (Phi) is 4.40. The SMILES string of the molecule is O=C(O)c1cc(Br)cc(S(=O)(=O)NCc2ccno2)c1F. The summed E-state index contributed by atoms with van der Waals surface area (Å²) in [5.41, 5.74) is -0.746. The maximum Gasteiger partial charge on any atom is 0.338 e. The van der Waals surface area contributed by atoms with Crippen LogP contribution in [0.3, 0.4) is 0 Å². The standard InChI is InChI=1S/C11H8BrFN2O5S/c12-6-3-8(11(16)17)10(13)9(4-6)21(18,19)15-5-7-1-2-14-20-7/h1-4,15H,5H2,(H,16,17). The molecular formula is C11H8BrFN2O5S. The van der Waals surface area contributed by atoms with Gasteiger partial charge in [-0.1, -0.05) is 21.1 Å². The molecule has 0 saturated carbocycles. The first-order valence-electron chi connectivity index (χ1n) is 5.43. The van der Waals surface area contributed by atoms with E-state index in [2.05, 4.69) is 25.8 Å². The highest BCUT2D eigenvalue weighted by Crippen LogP contribution is 2.24. The summed E-state index contributed by atoms with van der Waals surface area (Å²) in [6.07, 6.45) is 1.33. The Morgan fingerprint density at radius 3 is 2.76 bits per heavy atom. The molecule has 0 aliphatic rings. The lowest BCUT2D eigenvalue weighted by molar-refractivity contribution is 0.0691. The fourth-order valence-corrected chi connectivity index (χ4v) is 3.22. The molecule has 0 amide bonds. The number of carboxylic acids is 1. The molecular weight excluding hydrogens is 371 g/mol. The van der Waals surface area contributed by atoms with Gasteiger partial charge in [0.15, 0.2) is 11.6 Å². The molecule has 0 aliphatic carbocycles. The van der Waals surface area contributed by atoms with Gasteiger partial charge in [-0.2, -0.15) is 0 Å². The minimum absolute atomic E-state index is 0.126. The third-order valence-electron chi connectivity index (χ3n) is 2.45. The smallest absolute Gasteiger partial charge is 0.338 e. The van der Waals surface area contributed by atoms with Crippen LogP contribution in [0.2, 0.25) is 0 Å². The van der Waals surface area contributed by atoms with E-state index in [1.165, 1.54) is 12.3 Å².